The number of rotatable bonds is 6. The first kappa shape index (κ1) is 18.4. The third kappa shape index (κ3) is 4.30. The van der Waals surface area contributed by atoms with Crippen molar-refractivity contribution in [3.05, 3.63) is 54.0 Å². The molecule has 1 fully saturated rings. The molecule has 0 atom stereocenters. The van der Waals surface area contributed by atoms with Crippen molar-refractivity contribution in [3.8, 4) is 11.3 Å². The van der Waals surface area contributed by atoms with E-state index < -0.39 is 0 Å². The highest BCUT2D eigenvalue weighted by Gasteiger charge is 2.20. The largest absolute Gasteiger partial charge is 0.359 e. The van der Waals surface area contributed by atoms with Crippen molar-refractivity contribution in [2.45, 2.75) is 45.2 Å². The third-order valence-corrected chi connectivity index (χ3v) is 5.30. The van der Waals surface area contributed by atoms with E-state index in [0.29, 0.717) is 23.9 Å². The van der Waals surface area contributed by atoms with Gasteiger partial charge >= 0.3 is 0 Å². The van der Waals surface area contributed by atoms with Crippen LogP contribution in [-0.4, -0.2) is 38.0 Å². The summed E-state index contributed by atoms with van der Waals surface area (Å²) in [5.74, 6) is 1.10. The molecule has 4 rings (SSSR count). The lowest BCUT2D eigenvalue weighted by Gasteiger charge is -2.20. The predicted molar refractivity (Wildman–Crippen MR) is 104 cm³/mol. The van der Waals surface area contributed by atoms with E-state index >= 15 is 0 Å². The van der Waals surface area contributed by atoms with E-state index in [9.17, 15) is 4.79 Å². The summed E-state index contributed by atoms with van der Waals surface area (Å²) in [5.41, 5.74) is 2.10. The van der Waals surface area contributed by atoms with Gasteiger partial charge in [-0.1, -0.05) is 60.0 Å². The zero-order valence-corrected chi connectivity index (χ0v) is 16.1. The van der Waals surface area contributed by atoms with Gasteiger partial charge in [0, 0.05) is 25.2 Å². The summed E-state index contributed by atoms with van der Waals surface area (Å²) in [6.07, 6.45) is 8.13. The van der Waals surface area contributed by atoms with Crippen LogP contribution in [0.1, 0.15) is 48.4 Å². The van der Waals surface area contributed by atoms with Crippen LogP contribution in [0.4, 0.5) is 0 Å². The molecule has 0 unspecified atom stereocenters. The van der Waals surface area contributed by atoms with Crippen molar-refractivity contribution in [1.82, 2.24) is 25.1 Å². The molecule has 28 heavy (non-hydrogen) atoms. The molecule has 1 aromatic carbocycles. The molecule has 0 N–H and O–H groups in total. The molecular formula is C21H25N5O2. The van der Waals surface area contributed by atoms with E-state index in [1.54, 1.807) is 22.8 Å². The number of aromatic nitrogens is 4. The topological polar surface area (TPSA) is 77.0 Å². The fourth-order valence-electron chi connectivity index (χ4n) is 3.75. The van der Waals surface area contributed by atoms with E-state index in [1.165, 1.54) is 32.1 Å². The minimum Gasteiger partial charge on any atom is -0.359 e. The van der Waals surface area contributed by atoms with Crippen molar-refractivity contribution < 1.29 is 9.32 Å². The molecule has 1 aliphatic rings. The van der Waals surface area contributed by atoms with Gasteiger partial charge in [0.15, 0.2) is 11.5 Å². The fraction of sp³-hybridized carbons (Fsp3) is 0.429. The van der Waals surface area contributed by atoms with Crippen LogP contribution in [0.5, 0.6) is 0 Å². The van der Waals surface area contributed by atoms with Crippen molar-refractivity contribution in [2.24, 2.45) is 5.92 Å². The summed E-state index contributed by atoms with van der Waals surface area (Å²) in [6, 6.07) is 11.7. The monoisotopic (exact) mass is 379 g/mol. The third-order valence-electron chi connectivity index (χ3n) is 5.30. The number of carbonyl (C=O) groups excluding carboxylic acids is 1. The second-order valence-electron chi connectivity index (χ2n) is 7.54. The Hall–Kier alpha value is -2.96. The summed E-state index contributed by atoms with van der Waals surface area (Å²) in [7, 11) is 1.73. The molecule has 7 nitrogen and oxygen atoms in total. The van der Waals surface area contributed by atoms with Gasteiger partial charge in [0.05, 0.1) is 12.7 Å². The van der Waals surface area contributed by atoms with Crippen molar-refractivity contribution >= 4 is 5.91 Å². The van der Waals surface area contributed by atoms with E-state index in [2.05, 4.69) is 15.5 Å². The lowest BCUT2D eigenvalue weighted by molar-refractivity contribution is 0.0766. The van der Waals surface area contributed by atoms with Crippen LogP contribution in [0.2, 0.25) is 0 Å². The van der Waals surface area contributed by atoms with Crippen LogP contribution in [0, 0.1) is 5.92 Å². The second kappa shape index (κ2) is 8.37. The molecular weight excluding hydrogens is 354 g/mol. The summed E-state index contributed by atoms with van der Waals surface area (Å²) in [4.78, 5) is 14.3. The zero-order valence-electron chi connectivity index (χ0n) is 16.1. The highest BCUT2D eigenvalue weighted by Crippen LogP contribution is 2.25. The van der Waals surface area contributed by atoms with Gasteiger partial charge < -0.3 is 9.42 Å². The second-order valence-corrected chi connectivity index (χ2v) is 7.54. The Morgan fingerprint density at radius 3 is 2.79 bits per heavy atom. The molecule has 1 aliphatic carbocycles. The van der Waals surface area contributed by atoms with Gasteiger partial charge in [-0.3, -0.25) is 9.48 Å². The maximum atomic E-state index is 12.7. The molecule has 0 aliphatic heterocycles. The van der Waals surface area contributed by atoms with Crippen molar-refractivity contribution in [2.75, 3.05) is 7.05 Å². The zero-order chi connectivity index (χ0) is 19.3. The summed E-state index contributed by atoms with van der Waals surface area (Å²) >= 11 is 0. The molecule has 0 spiro atoms. The standard InChI is InChI=1S/C21H25N5O2/c1-25(14-18-12-19(23-28-18)17-10-6-3-7-11-17)21(27)20-15-26(24-22-20)13-16-8-4-2-5-9-16/h3,6-7,10-12,15-16H,2,4-5,8-9,13-14H2,1H3. The number of nitrogens with zero attached hydrogens (tertiary/aromatic N) is 5. The van der Waals surface area contributed by atoms with Gasteiger partial charge in [-0.15, -0.1) is 5.10 Å². The maximum absolute atomic E-state index is 12.7. The Kier molecular flexibility index (Phi) is 5.50. The Bertz CT molecular complexity index is 912. The molecule has 1 saturated carbocycles. The summed E-state index contributed by atoms with van der Waals surface area (Å²) in [5, 5.41) is 12.3. The van der Waals surface area contributed by atoms with Gasteiger partial charge in [0.25, 0.3) is 5.91 Å². The van der Waals surface area contributed by atoms with Crippen LogP contribution in [0.25, 0.3) is 11.3 Å². The molecule has 3 aromatic rings. The highest BCUT2D eigenvalue weighted by molar-refractivity contribution is 5.91. The van der Waals surface area contributed by atoms with E-state index in [0.717, 1.165) is 17.8 Å². The number of hydrogen-bond acceptors (Lipinski definition) is 5. The minimum absolute atomic E-state index is 0.174. The molecule has 7 heteroatoms. The average Bonchev–Trinajstić information content (AvgIpc) is 3.39. The lowest BCUT2D eigenvalue weighted by Crippen LogP contribution is -2.26. The van der Waals surface area contributed by atoms with E-state index in [4.69, 9.17) is 4.52 Å². The molecule has 2 heterocycles. The van der Waals surface area contributed by atoms with Crippen LogP contribution >= 0.6 is 0 Å². The van der Waals surface area contributed by atoms with E-state index in [1.807, 2.05) is 36.4 Å². The normalized spacial score (nSPS) is 14.9. The van der Waals surface area contributed by atoms with Gasteiger partial charge in [0.1, 0.15) is 5.69 Å². The number of benzene rings is 1. The van der Waals surface area contributed by atoms with Gasteiger partial charge in [-0.25, -0.2) is 0 Å². The molecule has 0 radical (unpaired) electrons. The van der Waals surface area contributed by atoms with Crippen LogP contribution < -0.4 is 0 Å². The predicted octanol–water partition coefficient (Wildman–Crippen LogP) is 3.79. The average molecular weight is 379 g/mol. The quantitative estimate of drug-likeness (QED) is 0.651. The van der Waals surface area contributed by atoms with Crippen LogP contribution in [-0.2, 0) is 13.1 Å². The SMILES string of the molecule is CN(Cc1cc(-c2ccccc2)no1)C(=O)c1cn(CC2CCCCC2)nn1. The van der Waals surface area contributed by atoms with Gasteiger partial charge in [-0.2, -0.15) is 0 Å². The summed E-state index contributed by atoms with van der Waals surface area (Å²) < 4.78 is 7.20. The first-order valence-corrected chi connectivity index (χ1v) is 9.85. The number of amides is 1. The van der Waals surface area contributed by atoms with Crippen molar-refractivity contribution in [3.63, 3.8) is 0 Å². The number of carbonyl (C=O) groups is 1. The van der Waals surface area contributed by atoms with Crippen molar-refractivity contribution in [1.29, 1.82) is 0 Å². The highest BCUT2D eigenvalue weighted by atomic mass is 16.5. The molecule has 1 amide bonds. The van der Waals surface area contributed by atoms with Gasteiger partial charge in [0.2, 0.25) is 0 Å². The first-order chi connectivity index (χ1) is 13.7. The van der Waals surface area contributed by atoms with Crippen LogP contribution in [0.3, 0.4) is 0 Å². The minimum atomic E-state index is -0.174. The maximum Gasteiger partial charge on any atom is 0.276 e. The smallest absolute Gasteiger partial charge is 0.276 e. The Morgan fingerprint density at radius 2 is 2.00 bits per heavy atom. The van der Waals surface area contributed by atoms with E-state index in [-0.39, 0.29) is 5.91 Å². The Balaban J connectivity index is 1.36. The fourth-order valence-corrected chi connectivity index (χ4v) is 3.75. The lowest BCUT2D eigenvalue weighted by atomic mass is 9.89. The Labute approximate surface area is 164 Å². The number of hydrogen-bond donors (Lipinski definition) is 0. The van der Waals surface area contributed by atoms with Crippen LogP contribution in [0.15, 0.2) is 47.1 Å². The van der Waals surface area contributed by atoms with Gasteiger partial charge in [-0.05, 0) is 18.8 Å². The molecule has 2 aromatic heterocycles. The molecule has 0 bridgehead atoms. The Morgan fingerprint density at radius 1 is 1.21 bits per heavy atom. The first-order valence-electron chi connectivity index (χ1n) is 9.85. The molecule has 146 valence electrons. The molecule has 0 saturated heterocycles. The summed E-state index contributed by atoms with van der Waals surface area (Å²) in [6.45, 7) is 1.17.